The van der Waals surface area contributed by atoms with Crippen molar-refractivity contribution in [1.29, 1.82) is 0 Å². The number of aromatic nitrogens is 2. The van der Waals surface area contributed by atoms with Gasteiger partial charge >= 0.3 is 0 Å². The van der Waals surface area contributed by atoms with Crippen LogP contribution in [0.3, 0.4) is 0 Å². The predicted molar refractivity (Wildman–Crippen MR) is 41.8 cm³/mol. The molecule has 0 aliphatic heterocycles. The monoisotopic (exact) mass is 170 g/mol. The SMILES string of the molecule is CC(=O)c1cc(Cl)nc(C)n1. The smallest absolute Gasteiger partial charge is 0.178 e. The summed E-state index contributed by atoms with van der Waals surface area (Å²) in [6.07, 6.45) is 0. The first-order valence-corrected chi connectivity index (χ1v) is 3.49. The highest BCUT2D eigenvalue weighted by Gasteiger charge is 2.03. The number of halogens is 1. The standard InChI is InChI=1S/C7H7ClN2O/c1-4(11)6-3-7(8)10-5(2)9-6/h3H,1-2H3. The molecular weight excluding hydrogens is 164 g/mol. The minimum atomic E-state index is -0.0996. The first-order chi connectivity index (χ1) is 5.09. The number of nitrogens with zero attached hydrogens (tertiary/aromatic N) is 2. The first kappa shape index (κ1) is 8.14. The lowest BCUT2D eigenvalue weighted by Gasteiger charge is -1.96. The van der Waals surface area contributed by atoms with Gasteiger partial charge in [0.1, 0.15) is 16.7 Å². The number of carbonyl (C=O) groups is 1. The van der Waals surface area contributed by atoms with Crippen LogP contribution in [0.1, 0.15) is 23.2 Å². The Bertz CT molecular complexity index is 278. The molecule has 1 aromatic heterocycles. The Morgan fingerprint density at radius 1 is 1.55 bits per heavy atom. The van der Waals surface area contributed by atoms with E-state index >= 15 is 0 Å². The molecule has 0 saturated heterocycles. The topological polar surface area (TPSA) is 42.9 Å². The van der Waals surface area contributed by atoms with Crippen molar-refractivity contribution in [2.24, 2.45) is 0 Å². The van der Waals surface area contributed by atoms with Crippen LogP contribution in [-0.2, 0) is 0 Å². The lowest BCUT2D eigenvalue weighted by molar-refractivity contribution is 0.101. The van der Waals surface area contributed by atoms with Crippen molar-refractivity contribution < 1.29 is 4.79 Å². The van der Waals surface area contributed by atoms with E-state index in [0.717, 1.165) is 0 Å². The summed E-state index contributed by atoms with van der Waals surface area (Å²) in [4.78, 5) is 18.5. The van der Waals surface area contributed by atoms with E-state index in [-0.39, 0.29) is 5.78 Å². The van der Waals surface area contributed by atoms with Crippen LogP contribution in [0.25, 0.3) is 0 Å². The van der Waals surface area contributed by atoms with Gasteiger partial charge in [0.2, 0.25) is 0 Å². The second-order valence-corrected chi connectivity index (χ2v) is 2.57. The Morgan fingerprint density at radius 2 is 2.18 bits per heavy atom. The van der Waals surface area contributed by atoms with Crippen LogP contribution in [0.15, 0.2) is 6.07 Å². The van der Waals surface area contributed by atoms with Gasteiger partial charge in [0.25, 0.3) is 0 Å². The lowest BCUT2D eigenvalue weighted by atomic mass is 10.3. The van der Waals surface area contributed by atoms with Gasteiger partial charge in [0.15, 0.2) is 5.78 Å². The Morgan fingerprint density at radius 3 is 2.64 bits per heavy atom. The molecule has 0 N–H and O–H groups in total. The van der Waals surface area contributed by atoms with Gasteiger partial charge in [-0.25, -0.2) is 9.97 Å². The molecule has 0 saturated carbocycles. The molecule has 3 nitrogen and oxygen atoms in total. The van der Waals surface area contributed by atoms with Crippen molar-refractivity contribution in [2.75, 3.05) is 0 Å². The third-order valence-electron chi connectivity index (χ3n) is 1.17. The summed E-state index contributed by atoms with van der Waals surface area (Å²) in [6, 6.07) is 1.46. The van der Waals surface area contributed by atoms with Crippen molar-refractivity contribution in [1.82, 2.24) is 9.97 Å². The summed E-state index contributed by atoms with van der Waals surface area (Å²) in [5.74, 6) is 0.417. The molecular formula is C7H7ClN2O. The summed E-state index contributed by atoms with van der Waals surface area (Å²) >= 11 is 5.59. The van der Waals surface area contributed by atoms with Gasteiger partial charge in [-0.3, -0.25) is 4.79 Å². The van der Waals surface area contributed by atoms with Crippen LogP contribution in [-0.4, -0.2) is 15.8 Å². The summed E-state index contributed by atoms with van der Waals surface area (Å²) < 4.78 is 0. The number of Topliss-reactive ketones (excluding diaryl/α,β-unsaturated/α-hetero) is 1. The van der Waals surface area contributed by atoms with Crippen LogP contribution < -0.4 is 0 Å². The van der Waals surface area contributed by atoms with E-state index in [9.17, 15) is 4.79 Å². The van der Waals surface area contributed by atoms with Gasteiger partial charge in [-0.2, -0.15) is 0 Å². The maximum atomic E-state index is 10.8. The van der Waals surface area contributed by atoms with E-state index in [1.54, 1.807) is 6.92 Å². The fourth-order valence-electron chi connectivity index (χ4n) is 0.712. The molecule has 0 radical (unpaired) electrons. The van der Waals surface area contributed by atoms with Gasteiger partial charge in [-0.1, -0.05) is 11.6 Å². The van der Waals surface area contributed by atoms with Crippen LogP contribution in [0, 0.1) is 6.92 Å². The third-order valence-corrected chi connectivity index (χ3v) is 1.36. The molecule has 0 unspecified atom stereocenters. The second-order valence-electron chi connectivity index (χ2n) is 2.18. The van der Waals surface area contributed by atoms with E-state index in [0.29, 0.717) is 16.7 Å². The molecule has 1 heterocycles. The van der Waals surface area contributed by atoms with Crippen molar-refractivity contribution in [3.05, 3.63) is 22.7 Å². The van der Waals surface area contributed by atoms with E-state index in [1.807, 2.05) is 0 Å². The molecule has 0 aliphatic carbocycles. The molecule has 0 amide bonds. The van der Waals surface area contributed by atoms with E-state index in [1.165, 1.54) is 13.0 Å². The summed E-state index contributed by atoms with van der Waals surface area (Å²) in [7, 11) is 0. The van der Waals surface area contributed by atoms with E-state index in [2.05, 4.69) is 9.97 Å². The van der Waals surface area contributed by atoms with Crippen LogP contribution in [0.4, 0.5) is 0 Å². The Kier molecular flexibility index (Phi) is 2.19. The van der Waals surface area contributed by atoms with Crippen molar-refractivity contribution in [3.63, 3.8) is 0 Å². The molecule has 58 valence electrons. The molecule has 0 aliphatic rings. The average Bonchev–Trinajstić information content (AvgIpc) is 1.85. The molecule has 0 atom stereocenters. The maximum Gasteiger partial charge on any atom is 0.178 e. The van der Waals surface area contributed by atoms with Crippen molar-refractivity contribution in [2.45, 2.75) is 13.8 Å². The summed E-state index contributed by atoms with van der Waals surface area (Å²) in [5, 5.41) is 0.308. The van der Waals surface area contributed by atoms with E-state index < -0.39 is 0 Å². The number of ketones is 1. The number of aryl methyl sites for hydroxylation is 1. The molecule has 0 aromatic carbocycles. The Balaban J connectivity index is 3.19. The highest BCUT2D eigenvalue weighted by molar-refractivity contribution is 6.29. The van der Waals surface area contributed by atoms with Gasteiger partial charge < -0.3 is 0 Å². The summed E-state index contributed by atoms with van der Waals surface area (Å²) in [5.41, 5.74) is 0.363. The fourth-order valence-corrected chi connectivity index (χ4v) is 0.937. The largest absolute Gasteiger partial charge is 0.293 e. The quantitative estimate of drug-likeness (QED) is 0.475. The fraction of sp³-hybridized carbons (Fsp3) is 0.286. The zero-order valence-electron chi connectivity index (χ0n) is 6.26. The normalized spacial score (nSPS) is 9.73. The highest BCUT2D eigenvalue weighted by Crippen LogP contribution is 2.06. The minimum Gasteiger partial charge on any atom is -0.293 e. The van der Waals surface area contributed by atoms with Crippen LogP contribution in [0.5, 0.6) is 0 Å². The lowest BCUT2D eigenvalue weighted by Crippen LogP contribution is -1.99. The van der Waals surface area contributed by atoms with Crippen LogP contribution in [0.2, 0.25) is 5.15 Å². The Labute approximate surface area is 69.4 Å². The number of rotatable bonds is 1. The molecule has 0 fully saturated rings. The predicted octanol–water partition coefficient (Wildman–Crippen LogP) is 1.64. The minimum absolute atomic E-state index is 0.0996. The maximum absolute atomic E-state index is 10.8. The number of carbonyl (C=O) groups excluding carboxylic acids is 1. The summed E-state index contributed by atoms with van der Waals surface area (Å²) in [6.45, 7) is 3.14. The number of hydrogen-bond donors (Lipinski definition) is 0. The van der Waals surface area contributed by atoms with E-state index in [4.69, 9.17) is 11.6 Å². The average molecular weight is 171 g/mol. The zero-order chi connectivity index (χ0) is 8.43. The van der Waals surface area contributed by atoms with Gasteiger partial charge in [-0.05, 0) is 6.92 Å². The molecule has 4 heteroatoms. The van der Waals surface area contributed by atoms with Crippen molar-refractivity contribution in [3.8, 4) is 0 Å². The Hall–Kier alpha value is -0.960. The molecule has 1 aromatic rings. The number of hydrogen-bond acceptors (Lipinski definition) is 3. The second kappa shape index (κ2) is 2.96. The third kappa shape index (κ3) is 1.98. The van der Waals surface area contributed by atoms with Crippen molar-refractivity contribution >= 4 is 17.4 Å². The molecule has 1 rings (SSSR count). The van der Waals surface area contributed by atoms with Gasteiger partial charge in [-0.15, -0.1) is 0 Å². The molecule has 0 spiro atoms. The van der Waals surface area contributed by atoms with Gasteiger partial charge in [0.05, 0.1) is 0 Å². The first-order valence-electron chi connectivity index (χ1n) is 3.11. The van der Waals surface area contributed by atoms with Gasteiger partial charge in [0, 0.05) is 13.0 Å². The molecule has 0 bridgehead atoms. The van der Waals surface area contributed by atoms with Crippen LogP contribution >= 0.6 is 11.6 Å². The zero-order valence-corrected chi connectivity index (χ0v) is 7.01. The molecule has 11 heavy (non-hydrogen) atoms. The highest BCUT2D eigenvalue weighted by atomic mass is 35.5.